The Bertz CT molecular complexity index is 478. The van der Waals surface area contributed by atoms with Gasteiger partial charge in [-0.15, -0.1) is 0 Å². The molecular formula is C15H15N. The fourth-order valence-corrected chi connectivity index (χ4v) is 1.90. The average Bonchev–Trinajstić information content (AvgIpc) is 2.35. The maximum absolute atomic E-state index is 4.66. The van der Waals surface area contributed by atoms with Gasteiger partial charge in [0.2, 0.25) is 0 Å². The van der Waals surface area contributed by atoms with Crippen molar-refractivity contribution in [3.05, 3.63) is 66.8 Å². The molecule has 0 fully saturated rings. The van der Waals surface area contributed by atoms with E-state index in [-0.39, 0.29) is 0 Å². The summed E-state index contributed by atoms with van der Waals surface area (Å²) >= 11 is 0. The molecule has 16 heavy (non-hydrogen) atoms. The Kier molecular flexibility index (Phi) is 3.16. The zero-order chi connectivity index (χ0) is 11.4. The molecule has 0 saturated heterocycles. The highest BCUT2D eigenvalue weighted by molar-refractivity contribution is 6.05. The van der Waals surface area contributed by atoms with Crippen LogP contribution in [0.25, 0.3) is 0 Å². The summed E-state index contributed by atoms with van der Waals surface area (Å²) in [7, 11) is 0. The third-order valence-corrected chi connectivity index (χ3v) is 2.73. The normalized spacial score (nSPS) is 15.0. The molecule has 0 spiro atoms. The highest BCUT2D eigenvalue weighted by Crippen LogP contribution is 2.27. The summed E-state index contributed by atoms with van der Waals surface area (Å²) < 4.78 is 0. The smallest absolute Gasteiger partial charge is 0.0665 e. The number of benzene rings is 1. The predicted molar refractivity (Wildman–Crippen MR) is 70.3 cm³/mol. The van der Waals surface area contributed by atoms with Crippen LogP contribution in [0.4, 0.5) is 5.69 Å². The Morgan fingerprint density at radius 2 is 2.00 bits per heavy atom. The molecule has 0 radical (unpaired) electrons. The van der Waals surface area contributed by atoms with Crippen LogP contribution in [0, 0.1) is 0 Å². The minimum absolute atomic E-state index is 0.975. The van der Waals surface area contributed by atoms with Crippen molar-refractivity contribution in [2.24, 2.45) is 4.99 Å². The molecule has 0 aromatic heterocycles. The number of hydrogen-bond acceptors (Lipinski definition) is 1. The van der Waals surface area contributed by atoms with Crippen molar-refractivity contribution in [3.63, 3.8) is 0 Å². The van der Waals surface area contributed by atoms with Gasteiger partial charge in [-0.2, -0.15) is 0 Å². The van der Waals surface area contributed by atoms with Crippen LogP contribution in [0.3, 0.4) is 0 Å². The van der Waals surface area contributed by atoms with Crippen molar-refractivity contribution in [2.45, 2.75) is 12.8 Å². The first kappa shape index (κ1) is 10.6. The predicted octanol–water partition coefficient (Wildman–Crippen LogP) is 4.00. The van der Waals surface area contributed by atoms with E-state index in [0.29, 0.717) is 0 Å². The van der Waals surface area contributed by atoms with Crippen molar-refractivity contribution >= 4 is 11.4 Å². The van der Waals surface area contributed by atoms with E-state index in [1.54, 1.807) is 6.08 Å². The zero-order valence-electron chi connectivity index (χ0n) is 9.32. The van der Waals surface area contributed by atoms with Gasteiger partial charge in [-0.1, -0.05) is 49.6 Å². The number of aliphatic imine (C=N–C) groups is 1. The quantitative estimate of drug-likeness (QED) is 0.667. The maximum Gasteiger partial charge on any atom is 0.0665 e. The molecule has 2 rings (SSSR count). The van der Waals surface area contributed by atoms with E-state index in [1.165, 1.54) is 5.56 Å². The maximum atomic E-state index is 4.66. The zero-order valence-corrected chi connectivity index (χ0v) is 9.32. The van der Waals surface area contributed by atoms with Crippen LogP contribution in [0.15, 0.2) is 66.2 Å². The highest BCUT2D eigenvalue weighted by Gasteiger charge is 2.12. The summed E-state index contributed by atoms with van der Waals surface area (Å²) in [6.45, 7) is 7.52. The molecule has 1 heterocycles. The van der Waals surface area contributed by atoms with Gasteiger partial charge in [0.1, 0.15) is 0 Å². The topological polar surface area (TPSA) is 12.4 Å². The minimum Gasteiger partial charge on any atom is -0.253 e. The lowest BCUT2D eigenvalue weighted by Gasteiger charge is -2.15. The third-order valence-electron chi connectivity index (χ3n) is 2.73. The van der Waals surface area contributed by atoms with Crippen molar-refractivity contribution in [1.82, 2.24) is 0 Å². The van der Waals surface area contributed by atoms with Crippen molar-refractivity contribution in [1.29, 1.82) is 0 Å². The molecule has 1 aromatic rings. The Morgan fingerprint density at radius 3 is 2.75 bits per heavy atom. The van der Waals surface area contributed by atoms with E-state index in [1.807, 2.05) is 18.2 Å². The van der Waals surface area contributed by atoms with E-state index in [4.69, 9.17) is 0 Å². The van der Waals surface area contributed by atoms with Crippen molar-refractivity contribution in [3.8, 4) is 0 Å². The molecule has 1 aromatic carbocycles. The van der Waals surface area contributed by atoms with Gasteiger partial charge < -0.3 is 0 Å². The van der Waals surface area contributed by atoms with Gasteiger partial charge in [0, 0.05) is 5.71 Å². The Balaban J connectivity index is 2.40. The first-order chi connectivity index (χ1) is 7.85. The van der Waals surface area contributed by atoms with Crippen LogP contribution in [0.2, 0.25) is 0 Å². The number of fused-ring (bicyclic) bond motifs is 1. The monoisotopic (exact) mass is 209 g/mol. The van der Waals surface area contributed by atoms with Crippen molar-refractivity contribution < 1.29 is 0 Å². The number of allylic oxidation sites excluding steroid dienone is 4. The summed E-state index contributed by atoms with van der Waals surface area (Å²) in [5.41, 5.74) is 4.59. The van der Waals surface area contributed by atoms with Crippen LogP contribution in [-0.4, -0.2) is 5.71 Å². The summed E-state index contributed by atoms with van der Waals surface area (Å²) in [4.78, 5) is 4.66. The fourth-order valence-electron chi connectivity index (χ4n) is 1.90. The van der Waals surface area contributed by atoms with Gasteiger partial charge >= 0.3 is 0 Å². The van der Waals surface area contributed by atoms with E-state index in [2.05, 4.69) is 36.3 Å². The van der Waals surface area contributed by atoms with Gasteiger partial charge in [0.25, 0.3) is 0 Å². The third kappa shape index (κ3) is 2.03. The van der Waals surface area contributed by atoms with Crippen LogP contribution in [0.1, 0.15) is 12.0 Å². The van der Waals surface area contributed by atoms with E-state index >= 15 is 0 Å². The fraction of sp³-hybridized carbons (Fsp3) is 0.133. The molecule has 0 saturated carbocycles. The molecule has 0 atom stereocenters. The lowest BCUT2D eigenvalue weighted by molar-refractivity contribution is 1.01. The van der Waals surface area contributed by atoms with E-state index in [0.717, 1.165) is 29.8 Å². The lowest BCUT2D eigenvalue weighted by atomic mass is 9.97. The van der Waals surface area contributed by atoms with Crippen LogP contribution in [-0.2, 0) is 6.42 Å². The van der Waals surface area contributed by atoms with Gasteiger partial charge in [-0.05, 0) is 30.0 Å². The Hall–Kier alpha value is -1.89. The summed E-state index contributed by atoms with van der Waals surface area (Å²) in [6.07, 6.45) is 7.61. The number of hydrogen-bond donors (Lipinski definition) is 0. The van der Waals surface area contributed by atoms with Crippen LogP contribution >= 0.6 is 0 Å². The molecule has 1 aliphatic heterocycles. The molecule has 0 N–H and O–H groups in total. The molecule has 0 amide bonds. The first-order valence-electron chi connectivity index (χ1n) is 5.46. The molecule has 0 bridgehead atoms. The van der Waals surface area contributed by atoms with Crippen LogP contribution in [0.5, 0.6) is 0 Å². The van der Waals surface area contributed by atoms with Gasteiger partial charge in [0.15, 0.2) is 0 Å². The summed E-state index contributed by atoms with van der Waals surface area (Å²) in [5.74, 6) is 0. The molecule has 1 heteroatoms. The number of aryl methyl sites for hydroxylation is 1. The minimum atomic E-state index is 0.975. The average molecular weight is 209 g/mol. The largest absolute Gasteiger partial charge is 0.253 e. The summed E-state index contributed by atoms with van der Waals surface area (Å²) in [5, 5.41) is 0. The molecule has 0 aliphatic carbocycles. The Labute approximate surface area is 96.5 Å². The number of rotatable bonds is 3. The first-order valence-corrected chi connectivity index (χ1v) is 5.46. The van der Waals surface area contributed by atoms with Gasteiger partial charge in [-0.25, -0.2) is 0 Å². The van der Waals surface area contributed by atoms with Gasteiger partial charge in [-0.3, -0.25) is 4.99 Å². The molecular weight excluding hydrogens is 194 g/mol. The highest BCUT2D eigenvalue weighted by atomic mass is 14.8. The second-order valence-electron chi connectivity index (χ2n) is 3.75. The number of nitrogens with zero attached hydrogens (tertiary/aromatic N) is 1. The molecule has 1 nitrogen and oxygen atoms in total. The molecule has 0 unspecified atom stereocenters. The van der Waals surface area contributed by atoms with Crippen molar-refractivity contribution in [2.75, 3.05) is 0 Å². The SMILES string of the molecule is C=C/C=C(\C=C)C1=Nc2ccccc2CC1. The molecule has 80 valence electrons. The molecule has 1 aliphatic rings. The van der Waals surface area contributed by atoms with E-state index in [9.17, 15) is 0 Å². The van der Waals surface area contributed by atoms with E-state index < -0.39 is 0 Å². The Morgan fingerprint density at radius 1 is 1.19 bits per heavy atom. The van der Waals surface area contributed by atoms with Crippen LogP contribution < -0.4 is 0 Å². The number of para-hydroxylation sites is 1. The van der Waals surface area contributed by atoms with Gasteiger partial charge in [0.05, 0.1) is 5.69 Å². The standard InChI is InChI=1S/C15H15N/c1-3-7-12(4-2)15-11-10-13-8-5-6-9-14(13)16-15/h3-9H,1-2,10-11H2/b12-7+. The lowest BCUT2D eigenvalue weighted by Crippen LogP contribution is -2.07. The second kappa shape index (κ2) is 4.75. The second-order valence-corrected chi connectivity index (χ2v) is 3.75. The summed E-state index contributed by atoms with van der Waals surface area (Å²) in [6, 6.07) is 8.28.